The number of amides is 1. The first-order valence-electron chi connectivity index (χ1n) is 6.96. The smallest absolute Gasteiger partial charge is 0.407 e. The highest BCUT2D eigenvalue weighted by Gasteiger charge is 2.27. The molecule has 0 radical (unpaired) electrons. The average molecular weight is 278 g/mol. The van der Waals surface area contributed by atoms with Crippen molar-refractivity contribution in [3.8, 4) is 0 Å². The van der Waals surface area contributed by atoms with Crippen LogP contribution in [0.1, 0.15) is 33.6 Å². The van der Waals surface area contributed by atoms with Crippen LogP contribution in [-0.4, -0.2) is 40.8 Å². The molecule has 1 aromatic heterocycles. The number of aromatic nitrogens is 2. The van der Waals surface area contributed by atoms with Crippen LogP contribution in [0.25, 0.3) is 0 Å². The molecule has 2 heterocycles. The van der Waals surface area contributed by atoms with E-state index in [0.717, 1.165) is 25.3 Å². The summed E-state index contributed by atoms with van der Waals surface area (Å²) in [6.45, 7) is 7.03. The number of carbonyl (C=O) groups is 1. The molecule has 0 spiro atoms. The second-order valence-electron chi connectivity index (χ2n) is 5.92. The number of nitrogens with zero attached hydrogens (tertiary/aromatic N) is 3. The minimum absolute atomic E-state index is 0.227. The SMILES string of the molecule is CC(C)(C)OC(=O)NC[C@H]1CCCN1c1ncccn1. The highest BCUT2D eigenvalue weighted by atomic mass is 16.6. The van der Waals surface area contributed by atoms with Gasteiger partial charge in [0.2, 0.25) is 5.95 Å². The van der Waals surface area contributed by atoms with Crippen molar-refractivity contribution in [3.63, 3.8) is 0 Å². The van der Waals surface area contributed by atoms with Gasteiger partial charge in [0.05, 0.1) is 0 Å². The van der Waals surface area contributed by atoms with E-state index < -0.39 is 5.60 Å². The summed E-state index contributed by atoms with van der Waals surface area (Å²) in [5.41, 5.74) is -0.470. The van der Waals surface area contributed by atoms with Gasteiger partial charge < -0.3 is 15.0 Å². The third-order valence-corrected chi connectivity index (χ3v) is 3.07. The van der Waals surface area contributed by atoms with E-state index in [4.69, 9.17) is 4.74 Å². The first kappa shape index (κ1) is 14.6. The summed E-state index contributed by atoms with van der Waals surface area (Å²) in [5, 5.41) is 2.82. The molecule has 20 heavy (non-hydrogen) atoms. The lowest BCUT2D eigenvalue weighted by Gasteiger charge is -2.25. The Hall–Kier alpha value is -1.85. The van der Waals surface area contributed by atoms with E-state index in [1.165, 1.54) is 0 Å². The molecule has 6 nitrogen and oxygen atoms in total. The van der Waals surface area contributed by atoms with E-state index in [9.17, 15) is 4.79 Å². The Morgan fingerprint density at radius 3 is 2.80 bits per heavy atom. The van der Waals surface area contributed by atoms with Crippen molar-refractivity contribution in [3.05, 3.63) is 18.5 Å². The van der Waals surface area contributed by atoms with Crippen LogP contribution in [0.3, 0.4) is 0 Å². The Morgan fingerprint density at radius 1 is 1.45 bits per heavy atom. The van der Waals surface area contributed by atoms with Crippen LogP contribution in [-0.2, 0) is 4.74 Å². The third-order valence-electron chi connectivity index (χ3n) is 3.07. The fraction of sp³-hybridized carbons (Fsp3) is 0.643. The Kier molecular flexibility index (Phi) is 4.42. The van der Waals surface area contributed by atoms with E-state index in [-0.39, 0.29) is 12.1 Å². The summed E-state index contributed by atoms with van der Waals surface area (Å²) in [6, 6.07) is 2.03. The van der Waals surface area contributed by atoms with Crippen LogP contribution < -0.4 is 10.2 Å². The normalized spacial score (nSPS) is 18.9. The molecular formula is C14H22N4O2. The minimum atomic E-state index is -0.470. The van der Waals surface area contributed by atoms with Gasteiger partial charge in [-0.2, -0.15) is 0 Å². The number of ether oxygens (including phenoxy) is 1. The lowest BCUT2D eigenvalue weighted by molar-refractivity contribution is 0.0525. The van der Waals surface area contributed by atoms with Gasteiger partial charge in [0.25, 0.3) is 0 Å². The Bertz CT molecular complexity index is 444. The predicted octanol–water partition coefficient (Wildman–Crippen LogP) is 1.97. The number of rotatable bonds is 3. The van der Waals surface area contributed by atoms with Crippen LogP contribution >= 0.6 is 0 Å². The lowest BCUT2D eigenvalue weighted by Crippen LogP contribution is -2.42. The maximum Gasteiger partial charge on any atom is 0.407 e. The monoisotopic (exact) mass is 278 g/mol. The van der Waals surface area contributed by atoms with E-state index in [1.807, 2.05) is 20.8 Å². The van der Waals surface area contributed by atoms with E-state index in [2.05, 4.69) is 20.2 Å². The summed E-state index contributed by atoms with van der Waals surface area (Å²) in [4.78, 5) is 22.3. The van der Waals surface area contributed by atoms with E-state index in [1.54, 1.807) is 18.5 Å². The average Bonchev–Trinajstić information content (AvgIpc) is 2.83. The lowest BCUT2D eigenvalue weighted by atomic mass is 10.2. The van der Waals surface area contributed by atoms with Gasteiger partial charge in [-0.15, -0.1) is 0 Å². The summed E-state index contributed by atoms with van der Waals surface area (Å²) in [7, 11) is 0. The number of anilines is 1. The van der Waals surface area contributed by atoms with Crippen molar-refractivity contribution in [2.24, 2.45) is 0 Å². The molecule has 1 N–H and O–H groups in total. The van der Waals surface area contributed by atoms with Gasteiger partial charge in [-0.1, -0.05) is 0 Å². The number of nitrogens with one attached hydrogen (secondary N) is 1. The van der Waals surface area contributed by atoms with Crippen molar-refractivity contribution >= 4 is 12.0 Å². The van der Waals surface area contributed by atoms with Crippen LogP contribution in [0.15, 0.2) is 18.5 Å². The van der Waals surface area contributed by atoms with Crippen LogP contribution in [0.4, 0.5) is 10.7 Å². The molecule has 0 aromatic carbocycles. The zero-order valence-electron chi connectivity index (χ0n) is 12.3. The number of hydrogen-bond donors (Lipinski definition) is 1. The highest BCUT2D eigenvalue weighted by molar-refractivity contribution is 5.67. The van der Waals surface area contributed by atoms with Gasteiger partial charge in [-0.05, 0) is 39.7 Å². The predicted molar refractivity (Wildman–Crippen MR) is 76.6 cm³/mol. The fourth-order valence-corrected chi connectivity index (χ4v) is 2.27. The fourth-order valence-electron chi connectivity index (χ4n) is 2.27. The van der Waals surface area contributed by atoms with Gasteiger partial charge in [0.1, 0.15) is 5.60 Å². The van der Waals surface area contributed by atoms with E-state index >= 15 is 0 Å². The Morgan fingerprint density at radius 2 is 2.15 bits per heavy atom. The maximum absolute atomic E-state index is 11.7. The maximum atomic E-state index is 11.7. The van der Waals surface area contributed by atoms with E-state index in [0.29, 0.717) is 6.54 Å². The van der Waals surface area contributed by atoms with Crippen LogP contribution in [0.5, 0.6) is 0 Å². The Labute approximate surface area is 119 Å². The zero-order valence-corrected chi connectivity index (χ0v) is 12.3. The molecule has 0 bridgehead atoms. The molecule has 1 atom stereocenters. The molecule has 0 aliphatic carbocycles. The molecule has 1 aliphatic rings. The molecule has 1 fully saturated rings. The minimum Gasteiger partial charge on any atom is -0.444 e. The van der Waals surface area contributed by atoms with Crippen molar-refractivity contribution in [2.45, 2.75) is 45.3 Å². The Balaban J connectivity index is 1.88. The summed E-state index contributed by atoms with van der Waals surface area (Å²) in [5.74, 6) is 0.723. The van der Waals surface area contributed by atoms with Crippen molar-refractivity contribution in [1.82, 2.24) is 15.3 Å². The zero-order chi connectivity index (χ0) is 14.6. The molecule has 0 saturated carbocycles. The van der Waals surface area contributed by atoms with Gasteiger partial charge in [0.15, 0.2) is 0 Å². The molecule has 1 aliphatic heterocycles. The topological polar surface area (TPSA) is 67.3 Å². The number of alkyl carbamates (subject to hydrolysis) is 1. The van der Waals surface area contributed by atoms with Crippen molar-refractivity contribution < 1.29 is 9.53 Å². The second-order valence-corrected chi connectivity index (χ2v) is 5.92. The summed E-state index contributed by atoms with van der Waals surface area (Å²) >= 11 is 0. The molecule has 1 saturated heterocycles. The van der Waals surface area contributed by atoms with Gasteiger partial charge in [0, 0.05) is 31.5 Å². The number of hydrogen-bond acceptors (Lipinski definition) is 5. The first-order valence-corrected chi connectivity index (χ1v) is 6.96. The number of carbonyl (C=O) groups excluding carboxylic acids is 1. The van der Waals surface area contributed by atoms with Crippen molar-refractivity contribution in [1.29, 1.82) is 0 Å². The third kappa shape index (κ3) is 4.08. The van der Waals surface area contributed by atoms with Gasteiger partial charge >= 0.3 is 6.09 Å². The largest absolute Gasteiger partial charge is 0.444 e. The molecule has 6 heteroatoms. The summed E-state index contributed by atoms with van der Waals surface area (Å²) in [6.07, 6.45) is 5.20. The summed E-state index contributed by atoms with van der Waals surface area (Å²) < 4.78 is 5.24. The molecule has 2 rings (SSSR count). The van der Waals surface area contributed by atoms with Gasteiger partial charge in [-0.3, -0.25) is 0 Å². The van der Waals surface area contributed by atoms with Crippen LogP contribution in [0, 0.1) is 0 Å². The molecular weight excluding hydrogens is 256 g/mol. The quantitative estimate of drug-likeness (QED) is 0.915. The van der Waals surface area contributed by atoms with Gasteiger partial charge in [-0.25, -0.2) is 14.8 Å². The molecule has 110 valence electrons. The van der Waals surface area contributed by atoms with Crippen molar-refractivity contribution in [2.75, 3.05) is 18.0 Å². The van der Waals surface area contributed by atoms with Crippen LogP contribution in [0.2, 0.25) is 0 Å². The molecule has 1 aromatic rings. The molecule has 0 unspecified atom stereocenters. The first-order chi connectivity index (χ1) is 9.46. The second kappa shape index (κ2) is 6.07. The molecule has 1 amide bonds. The standard InChI is InChI=1S/C14H22N4O2/c1-14(2,3)20-13(19)17-10-11-6-4-9-18(11)12-15-7-5-8-16-12/h5,7-8,11H,4,6,9-10H2,1-3H3,(H,17,19)/t11-/m1/s1. The highest BCUT2D eigenvalue weighted by Crippen LogP contribution is 2.21.